The van der Waals surface area contributed by atoms with Gasteiger partial charge in [-0.2, -0.15) is 0 Å². The molecule has 0 unspecified atom stereocenters. The minimum atomic E-state index is -0.465. The minimum absolute atomic E-state index is 0. The summed E-state index contributed by atoms with van der Waals surface area (Å²) in [5, 5.41) is 6.30. The van der Waals surface area contributed by atoms with Gasteiger partial charge in [-0.3, -0.25) is 4.79 Å². The molecule has 0 radical (unpaired) electrons. The monoisotopic (exact) mass is 358 g/mol. The van der Waals surface area contributed by atoms with E-state index in [9.17, 15) is 4.79 Å². The van der Waals surface area contributed by atoms with E-state index in [1.807, 2.05) is 24.3 Å². The zero-order valence-electron chi connectivity index (χ0n) is 14.3. The van der Waals surface area contributed by atoms with Gasteiger partial charge in [-0.1, -0.05) is 6.07 Å². The van der Waals surface area contributed by atoms with Crippen molar-refractivity contribution in [2.75, 3.05) is 52.4 Å². The molecule has 1 amide bonds. The summed E-state index contributed by atoms with van der Waals surface area (Å²) in [5.41, 5.74) is 0.270. The van der Waals surface area contributed by atoms with Crippen LogP contribution in [0.2, 0.25) is 0 Å². The molecule has 7 heteroatoms. The third kappa shape index (κ3) is 5.63. The molecule has 2 rings (SSSR count). The molecule has 1 aliphatic rings. The number of nitrogens with one attached hydrogen (secondary N) is 2. The molecule has 0 spiro atoms. The summed E-state index contributed by atoms with van der Waals surface area (Å²) < 4.78 is 15.8. The third-order valence-corrected chi connectivity index (χ3v) is 4.11. The van der Waals surface area contributed by atoms with E-state index in [4.69, 9.17) is 14.2 Å². The van der Waals surface area contributed by atoms with Gasteiger partial charge in [0.05, 0.1) is 18.6 Å². The number of benzene rings is 1. The van der Waals surface area contributed by atoms with Crippen molar-refractivity contribution < 1.29 is 19.0 Å². The topological polar surface area (TPSA) is 68.8 Å². The van der Waals surface area contributed by atoms with Crippen LogP contribution < -0.4 is 15.4 Å². The van der Waals surface area contributed by atoms with Crippen molar-refractivity contribution in [1.82, 2.24) is 5.32 Å². The SMILES string of the molecule is COCCOc1cccc(NC(=O)C2(COC)CCNCC2)c1.Cl. The molecular formula is C17H27ClN2O4. The number of rotatable bonds is 8. The van der Waals surface area contributed by atoms with Gasteiger partial charge in [-0.25, -0.2) is 0 Å². The Labute approximate surface area is 149 Å². The molecule has 136 valence electrons. The van der Waals surface area contributed by atoms with Gasteiger partial charge in [0.25, 0.3) is 0 Å². The quantitative estimate of drug-likeness (QED) is 0.696. The standard InChI is InChI=1S/C17H26N2O4.ClH/c1-21-10-11-23-15-5-3-4-14(12-15)19-16(20)17(13-22-2)6-8-18-9-7-17;/h3-5,12,18H,6-11,13H2,1-2H3,(H,19,20);1H. The molecule has 1 saturated heterocycles. The highest BCUT2D eigenvalue weighted by Crippen LogP contribution is 2.31. The van der Waals surface area contributed by atoms with Crippen LogP contribution in [0.4, 0.5) is 5.69 Å². The summed E-state index contributed by atoms with van der Waals surface area (Å²) in [6, 6.07) is 7.42. The summed E-state index contributed by atoms with van der Waals surface area (Å²) >= 11 is 0. The Morgan fingerprint density at radius 3 is 2.62 bits per heavy atom. The molecular weight excluding hydrogens is 332 g/mol. The molecule has 0 atom stereocenters. The Balaban J connectivity index is 0.00000288. The highest BCUT2D eigenvalue weighted by atomic mass is 35.5. The lowest BCUT2D eigenvalue weighted by Crippen LogP contribution is -2.47. The maximum atomic E-state index is 12.8. The number of carbonyl (C=O) groups is 1. The molecule has 0 aromatic heterocycles. The van der Waals surface area contributed by atoms with Crippen molar-refractivity contribution >= 4 is 24.0 Å². The fourth-order valence-electron chi connectivity index (χ4n) is 2.79. The molecule has 0 bridgehead atoms. The predicted molar refractivity (Wildman–Crippen MR) is 96.1 cm³/mol. The number of ether oxygens (including phenoxy) is 3. The fraction of sp³-hybridized carbons (Fsp3) is 0.588. The lowest BCUT2D eigenvalue weighted by Gasteiger charge is -2.35. The molecule has 1 aromatic rings. The number of halogens is 1. The summed E-state index contributed by atoms with van der Waals surface area (Å²) in [6.07, 6.45) is 1.55. The van der Waals surface area contributed by atoms with Gasteiger partial charge in [-0.05, 0) is 38.1 Å². The second-order valence-corrected chi connectivity index (χ2v) is 5.79. The summed E-state index contributed by atoms with van der Waals surface area (Å²) in [7, 11) is 3.27. The maximum absolute atomic E-state index is 12.8. The van der Waals surface area contributed by atoms with Crippen molar-refractivity contribution in [2.24, 2.45) is 5.41 Å². The van der Waals surface area contributed by atoms with Crippen molar-refractivity contribution in [3.05, 3.63) is 24.3 Å². The number of hydrogen-bond donors (Lipinski definition) is 2. The van der Waals surface area contributed by atoms with Crippen LogP contribution in [0, 0.1) is 5.41 Å². The predicted octanol–water partition coefficient (Wildman–Crippen LogP) is 2.09. The van der Waals surface area contributed by atoms with Gasteiger partial charge in [-0.15, -0.1) is 12.4 Å². The number of anilines is 1. The first-order valence-corrected chi connectivity index (χ1v) is 7.93. The minimum Gasteiger partial charge on any atom is -0.491 e. The molecule has 2 N–H and O–H groups in total. The molecule has 1 aromatic carbocycles. The van der Waals surface area contributed by atoms with E-state index >= 15 is 0 Å². The first kappa shape index (κ1) is 20.7. The van der Waals surface area contributed by atoms with Gasteiger partial charge in [0.2, 0.25) is 5.91 Å². The van der Waals surface area contributed by atoms with Crippen LogP contribution in [-0.2, 0) is 14.3 Å². The van der Waals surface area contributed by atoms with Crippen molar-refractivity contribution in [2.45, 2.75) is 12.8 Å². The first-order valence-electron chi connectivity index (χ1n) is 7.93. The average Bonchev–Trinajstić information content (AvgIpc) is 2.56. The highest BCUT2D eigenvalue weighted by molar-refractivity contribution is 5.95. The Morgan fingerprint density at radius 1 is 1.21 bits per heavy atom. The Bertz CT molecular complexity index is 502. The molecule has 1 fully saturated rings. The third-order valence-electron chi connectivity index (χ3n) is 4.11. The number of hydrogen-bond acceptors (Lipinski definition) is 5. The molecule has 1 heterocycles. The Kier molecular flexibility index (Phi) is 9.07. The van der Waals surface area contributed by atoms with Crippen LogP contribution in [0.15, 0.2) is 24.3 Å². The van der Waals surface area contributed by atoms with E-state index < -0.39 is 5.41 Å². The summed E-state index contributed by atoms with van der Waals surface area (Å²) in [6.45, 7) is 3.10. The van der Waals surface area contributed by atoms with Crippen molar-refractivity contribution in [1.29, 1.82) is 0 Å². The number of methoxy groups -OCH3 is 2. The van der Waals surface area contributed by atoms with E-state index in [0.717, 1.165) is 31.6 Å². The maximum Gasteiger partial charge on any atom is 0.233 e. The zero-order valence-corrected chi connectivity index (χ0v) is 15.1. The van der Waals surface area contributed by atoms with Gasteiger partial charge in [0.15, 0.2) is 0 Å². The largest absolute Gasteiger partial charge is 0.491 e. The van der Waals surface area contributed by atoms with E-state index in [1.165, 1.54) is 0 Å². The second-order valence-electron chi connectivity index (χ2n) is 5.79. The van der Waals surface area contributed by atoms with E-state index in [-0.39, 0.29) is 18.3 Å². The molecule has 24 heavy (non-hydrogen) atoms. The average molecular weight is 359 g/mol. The Morgan fingerprint density at radius 2 is 1.96 bits per heavy atom. The van der Waals surface area contributed by atoms with E-state index in [2.05, 4.69) is 10.6 Å². The molecule has 0 saturated carbocycles. The number of carbonyl (C=O) groups excluding carboxylic acids is 1. The van der Waals surface area contributed by atoms with E-state index in [1.54, 1.807) is 14.2 Å². The normalized spacial score (nSPS) is 16.1. The Hall–Kier alpha value is -1.34. The molecule has 6 nitrogen and oxygen atoms in total. The van der Waals surface area contributed by atoms with Gasteiger partial charge in [0, 0.05) is 26.0 Å². The van der Waals surface area contributed by atoms with Gasteiger partial charge < -0.3 is 24.8 Å². The van der Waals surface area contributed by atoms with Crippen LogP contribution in [0.5, 0.6) is 5.75 Å². The number of piperidine rings is 1. The van der Waals surface area contributed by atoms with Crippen LogP contribution in [0.3, 0.4) is 0 Å². The van der Waals surface area contributed by atoms with Gasteiger partial charge in [0.1, 0.15) is 12.4 Å². The lowest BCUT2D eigenvalue weighted by atomic mass is 9.78. The van der Waals surface area contributed by atoms with E-state index in [0.29, 0.717) is 25.6 Å². The number of amides is 1. The van der Waals surface area contributed by atoms with Crippen LogP contribution in [0.1, 0.15) is 12.8 Å². The fourth-order valence-corrected chi connectivity index (χ4v) is 2.79. The molecule has 0 aliphatic carbocycles. The summed E-state index contributed by atoms with van der Waals surface area (Å²) in [4.78, 5) is 12.8. The zero-order chi connectivity index (χ0) is 16.5. The van der Waals surface area contributed by atoms with Crippen molar-refractivity contribution in [3.63, 3.8) is 0 Å². The van der Waals surface area contributed by atoms with Crippen LogP contribution in [0.25, 0.3) is 0 Å². The van der Waals surface area contributed by atoms with Crippen LogP contribution >= 0.6 is 12.4 Å². The first-order chi connectivity index (χ1) is 11.2. The van der Waals surface area contributed by atoms with Crippen molar-refractivity contribution in [3.8, 4) is 5.75 Å². The lowest BCUT2D eigenvalue weighted by molar-refractivity contribution is -0.130. The summed E-state index contributed by atoms with van der Waals surface area (Å²) in [5.74, 6) is 0.723. The highest BCUT2D eigenvalue weighted by Gasteiger charge is 2.39. The second kappa shape index (κ2) is 10.5. The molecule has 1 aliphatic heterocycles. The van der Waals surface area contributed by atoms with Crippen LogP contribution in [-0.4, -0.2) is 53.0 Å². The smallest absolute Gasteiger partial charge is 0.233 e. The van der Waals surface area contributed by atoms with Gasteiger partial charge >= 0.3 is 0 Å².